The summed E-state index contributed by atoms with van der Waals surface area (Å²) in [6, 6.07) is 7.86. The lowest BCUT2D eigenvalue weighted by atomic mass is 10.0. The second-order valence-corrected chi connectivity index (χ2v) is 4.98. The van der Waals surface area contributed by atoms with Crippen LogP contribution in [0.15, 0.2) is 30.6 Å². The lowest BCUT2D eigenvalue weighted by Crippen LogP contribution is -2.07. The predicted octanol–water partition coefficient (Wildman–Crippen LogP) is 3.78. The maximum absolute atomic E-state index is 5.52. The van der Waals surface area contributed by atoms with Gasteiger partial charge in [0.25, 0.3) is 0 Å². The van der Waals surface area contributed by atoms with Crippen LogP contribution < -0.4 is 15.4 Å². The lowest BCUT2D eigenvalue weighted by Gasteiger charge is -2.17. The van der Waals surface area contributed by atoms with Crippen LogP contribution >= 0.6 is 0 Å². The Morgan fingerprint density at radius 2 is 1.95 bits per heavy atom. The van der Waals surface area contributed by atoms with Crippen molar-refractivity contribution in [3.63, 3.8) is 0 Å². The summed E-state index contributed by atoms with van der Waals surface area (Å²) in [5, 5.41) is 6.48. The van der Waals surface area contributed by atoms with E-state index in [9.17, 15) is 0 Å². The Balaban J connectivity index is 2.33. The van der Waals surface area contributed by atoms with Crippen LogP contribution in [0.4, 0.5) is 17.3 Å². The normalized spacial score (nSPS) is 10.5. The van der Waals surface area contributed by atoms with Gasteiger partial charge in [-0.05, 0) is 25.0 Å². The molecule has 0 fully saturated rings. The smallest absolute Gasteiger partial charge is 0.139 e. The molecule has 0 aliphatic carbocycles. The number of nitrogens with one attached hydrogen (secondary N) is 2. The van der Waals surface area contributed by atoms with E-state index >= 15 is 0 Å². The fourth-order valence-corrected chi connectivity index (χ4v) is 2.21. The minimum atomic E-state index is 0.311. The predicted molar refractivity (Wildman–Crippen MR) is 86.6 cm³/mol. The van der Waals surface area contributed by atoms with Gasteiger partial charge in [-0.2, -0.15) is 0 Å². The van der Waals surface area contributed by atoms with Crippen molar-refractivity contribution in [1.29, 1.82) is 0 Å². The van der Waals surface area contributed by atoms with Gasteiger partial charge in [0, 0.05) is 24.4 Å². The molecule has 2 aromatic rings. The average molecular weight is 286 g/mol. The van der Waals surface area contributed by atoms with E-state index in [2.05, 4.69) is 34.4 Å². The van der Waals surface area contributed by atoms with E-state index in [0.717, 1.165) is 28.6 Å². The Bertz CT molecular complexity index is 599. The van der Waals surface area contributed by atoms with Gasteiger partial charge in [0.05, 0.1) is 6.61 Å². The highest BCUT2D eigenvalue weighted by atomic mass is 16.5. The first-order valence-electron chi connectivity index (χ1n) is 7.18. The highest BCUT2D eigenvalue weighted by Crippen LogP contribution is 2.30. The molecule has 1 aromatic carbocycles. The molecule has 0 saturated carbocycles. The first kappa shape index (κ1) is 15.1. The minimum Gasteiger partial charge on any atom is -0.494 e. The van der Waals surface area contributed by atoms with Gasteiger partial charge in [-0.3, -0.25) is 0 Å². The van der Waals surface area contributed by atoms with Gasteiger partial charge >= 0.3 is 0 Å². The van der Waals surface area contributed by atoms with E-state index in [1.807, 2.05) is 38.2 Å². The Kier molecular flexibility index (Phi) is 4.98. The highest BCUT2D eigenvalue weighted by molar-refractivity contribution is 5.66. The quantitative estimate of drug-likeness (QED) is 0.846. The first-order valence-corrected chi connectivity index (χ1v) is 7.18. The zero-order chi connectivity index (χ0) is 15.2. The summed E-state index contributed by atoms with van der Waals surface area (Å²) in [5.74, 6) is 2.82. The van der Waals surface area contributed by atoms with Crippen molar-refractivity contribution in [2.75, 3.05) is 24.3 Å². The van der Waals surface area contributed by atoms with Crippen LogP contribution in [0.2, 0.25) is 0 Å². The molecule has 0 radical (unpaired) electrons. The van der Waals surface area contributed by atoms with Crippen LogP contribution in [-0.4, -0.2) is 23.6 Å². The van der Waals surface area contributed by atoms with Crippen LogP contribution in [0.25, 0.3) is 0 Å². The van der Waals surface area contributed by atoms with E-state index < -0.39 is 0 Å². The topological polar surface area (TPSA) is 59.1 Å². The molecule has 2 rings (SSSR count). The van der Waals surface area contributed by atoms with Crippen LogP contribution in [-0.2, 0) is 0 Å². The zero-order valence-electron chi connectivity index (χ0n) is 13.0. The summed E-state index contributed by atoms with van der Waals surface area (Å²) < 4.78 is 5.52. The van der Waals surface area contributed by atoms with Crippen molar-refractivity contribution in [2.24, 2.45) is 0 Å². The summed E-state index contributed by atoms with van der Waals surface area (Å²) in [4.78, 5) is 8.66. The molecule has 0 bridgehead atoms. The number of ether oxygens (including phenoxy) is 1. The van der Waals surface area contributed by atoms with Crippen molar-refractivity contribution < 1.29 is 4.74 Å². The standard InChI is InChI=1S/C16H22N4O/c1-5-21-13-8-6-7-12(9-13)20-16-14(11(2)3)15(17-4)18-10-19-16/h6-11H,5H2,1-4H3,(H2,17,18,19,20). The summed E-state index contributed by atoms with van der Waals surface area (Å²) in [7, 11) is 1.87. The zero-order valence-corrected chi connectivity index (χ0v) is 13.0. The van der Waals surface area contributed by atoms with Gasteiger partial charge in [0.15, 0.2) is 0 Å². The van der Waals surface area contributed by atoms with Crippen molar-refractivity contribution in [3.05, 3.63) is 36.2 Å². The summed E-state index contributed by atoms with van der Waals surface area (Å²) >= 11 is 0. The van der Waals surface area contributed by atoms with Crippen LogP contribution in [0.3, 0.4) is 0 Å². The van der Waals surface area contributed by atoms with Gasteiger partial charge in [0.2, 0.25) is 0 Å². The number of nitrogens with zero attached hydrogens (tertiary/aromatic N) is 2. The molecule has 1 heterocycles. The number of hydrogen-bond acceptors (Lipinski definition) is 5. The fourth-order valence-electron chi connectivity index (χ4n) is 2.21. The fraction of sp³-hybridized carbons (Fsp3) is 0.375. The third kappa shape index (κ3) is 3.62. The van der Waals surface area contributed by atoms with E-state index in [4.69, 9.17) is 4.74 Å². The molecule has 0 amide bonds. The van der Waals surface area contributed by atoms with E-state index in [1.165, 1.54) is 0 Å². The minimum absolute atomic E-state index is 0.311. The lowest BCUT2D eigenvalue weighted by molar-refractivity contribution is 0.340. The maximum atomic E-state index is 5.52. The molecular formula is C16H22N4O. The summed E-state index contributed by atoms with van der Waals surface area (Å²) in [6.07, 6.45) is 1.56. The Hall–Kier alpha value is -2.30. The number of anilines is 3. The van der Waals surface area contributed by atoms with Gasteiger partial charge in [-0.15, -0.1) is 0 Å². The van der Waals surface area contributed by atoms with Crippen molar-refractivity contribution >= 4 is 17.3 Å². The molecule has 112 valence electrons. The average Bonchev–Trinajstić information content (AvgIpc) is 2.47. The monoisotopic (exact) mass is 286 g/mol. The highest BCUT2D eigenvalue weighted by Gasteiger charge is 2.14. The van der Waals surface area contributed by atoms with E-state index in [-0.39, 0.29) is 0 Å². The van der Waals surface area contributed by atoms with E-state index in [0.29, 0.717) is 12.5 Å². The molecule has 5 nitrogen and oxygen atoms in total. The van der Waals surface area contributed by atoms with Gasteiger partial charge in [-0.1, -0.05) is 19.9 Å². The van der Waals surface area contributed by atoms with Gasteiger partial charge in [0.1, 0.15) is 23.7 Å². The number of aromatic nitrogens is 2. The SMILES string of the molecule is CCOc1cccc(Nc2ncnc(NC)c2C(C)C)c1. The summed E-state index contributed by atoms with van der Waals surface area (Å²) in [5.41, 5.74) is 2.02. The molecular weight excluding hydrogens is 264 g/mol. The largest absolute Gasteiger partial charge is 0.494 e. The molecule has 0 aliphatic rings. The second-order valence-electron chi connectivity index (χ2n) is 4.98. The van der Waals surface area contributed by atoms with E-state index in [1.54, 1.807) is 6.33 Å². The molecule has 0 aliphatic heterocycles. The number of rotatable bonds is 6. The Labute approximate surface area is 125 Å². The molecule has 0 unspecified atom stereocenters. The number of hydrogen-bond donors (Lipinski definition) is 2. The van der Waals surface area contributed by atoms with Crippen LogP contribution in [0, 0.1) is 0 Å². The maximum Gasteiger partial charge on any atom is 0.139 e. The number of benzene rings is 1. The summed E-state index contributed by atoms with van der Waals surface area (Å²) in [6.45, 7) is 6.88. The van der Waals surface area contributed by atoms with Crippen molar-refractivity contribution in [1.82, 2.24) is 9.97 Å². The van der Waals surface area contributed by atoms with Crippen molar-refractivity contribution in [2.45, 2.75) is 26.7 Å². The van der Waals surface area contributed by atoms with Crippen molar-refractivity contribution in [3.8, 4) is 5.75 Å². The Morgan fingerprint density at radius 1 is 1.19 bits per heavy atom. The molecule has 0 spiro atoms. The molecule has 2 N–H and O–H groups in total. The third-order valence-electron chi connectivity index (χ3n) is 3.11. The Morgan fingerprint density at radius 3 is 2.62 bits per heavy atom. The molecule has 0 atom stereocenters. The van der Waals surface area contributed by atoms with Gasteiger partial charge in [-0.25, -0.2) is 9.97 Å². The molecule has 5 heteroatoms. The third-order valence-corrected chi connectivity index (χ3v) is 3.11. The second kappa shape index (κ2) is 6.92. The first-order chi connectivity index (χ1) is 10.2. The van der Waals surface area contributed by atoms with Gasteiger partial charge < -0.3 is 15.4 Å². The molecule has 0 saturated heterocycles. The molecule has 21 heavy (non-hydrogen) atoms. The molecule has 1 aromatic heterocycles. The van der Waals surface area contributed by atoms with Crippen LogP contribution in [0.5, 0.6) is 5.75 Å². The van der Waals surface area contributed by atoms with Crippen LogP contribution in [0.1, 0.15) is 32.3 Å².